The van der Waals surface area contributed by atoms with Gasteiger partial charge in [0.15, 0.2) is 0 Å². The third kappa shape index (κ3) is 4.49. The number of halogens is 1. The molecule has 1 unspecified atom stereocenters. The minimum atomic E-state index is 0.307. The maximum atomic E-state index is 3.57. The lowest BCUT2D eigenvalue weighted by Crippen LogP contribution is -2.11. The van der Waals surface area contributed by atoms with Crippen LogP contribution in [-0.2, 0) is 6.54 Å². The van der Waals surface area contributed by atoms with Gasteiger partial charge in [-0.3, -0.25) is 0 Å². The van der Waals surface area contributed by atoms with E-state index in [-0.39, 0.29) is 0 Å². The van der Waals surface area contributed by atoms with Gasteiger partial charge in [-0.2, -0.15) is 0 Å². The summed E-state index contributed by atoms with van der Waals surface area (Å²) < 4.78 is 1.27. The Kier molecular flexibility index (Phi) is 5.43. The smallest absolute Gasteiger partial charge is 0.0485 e. The Morgan fingerprint density at radius 3 is 2.45 bits per heavy atom. The summed E-state index contributed by atoms with van der Waals surface area (Å²) in [5.41, 5.74) is 3.81. The van der Waals surface area contributed by atoms with E-state index in [0.29, 0.717) is 6.04 Å². The lowest BCUT2D eigenvalue weighted by atomic mass is 10.1. The van der Waals surface area contributed by atoms with Gasteiger partial charge in [0.2, 0.25) is 0 Å². The van der Waals surface area contributed by atoms with Crippen LogP contribution in [0.4, 0.5) is 5.69 Å². The van der Waals surface area contributed by atoms with Crippen LogP contribution < -0.4 is 5.32 Å². The van der Waals surface area contributed by atoms with E-state index in [9.17, 15) is 0 Å². The van der Waals surface area contributed by atoms with Gasteiger partial charge in [-0.15, -0.1) is 0 Å². The number of hydrogen-bond acceptors (Lipinski definition) is 2. The first-order valence-electron chi connectivity index (χ1n) is 6.80. The van der Waals surface area contributed by atoms with Crippen LogP contribution in [0.15, 0.2) is 48.5 Å². The maximum Gasteiger partial charge on any atom is 0.0485 e. The largest absolute Gasteiger partial charge is 0.379 e. The van der Waals surface area contributed by atoms with Crippen LogP contribution in [0.1, 0.15) is 24.1 Å². The van der Waals surface area contributed by atoms with E-state index in [1.807, 2.05) is 0 Å². The molecule has 0 spiro atoms. The molecule has 2 nitrogen and oxygen atoms in total. The van der Waals surface area contributed by atoms with Crippen molar-refractivity contribution in [3.05, 3.63) is 63.2 Å². The molecule has 2 rings (SSSR count). The molecule has 0 aliphatic heterocycles. The Hall–Kier alpha value is -1.07. The molecule has 2 aromatic rings. The van der Waals surface area contributed by atoms with Gasteiger partial charge in [0.25, 0.3) is 0 Å². The average molecular weight is 380 g/mol. The van der Waals surface area contributed by atoms with E-state index in [4.69, 9.17) is 0 Å². The van der Waals surface area contributed by atoms with E-state index in [0.717, 1.165) is 6.54 Å². The number of nitrogens with one attached hydrogen (secondary N) is 1. The van der Waals surface area contributed by atoms with Crippen LogP contribution in [-0.4, -0.2) is 19.0 Å². The molecule has 0 aliphatic carbocycles. The molecule has 0 saturated heterocycles. The normalized spacial score (nSPS) is 12.4. The molecule has 0 aromatic heterocycles. The average Bonchev–Trinajstić information content (AvgIpc) is 2.39. The Labute approximate surface area is 135 Å². The van der Waals surface area contributed by atoms with Gasteiger partial charge < -0.3 is 10.2 Å². The molecule has 0 amide bonds. The molecular formula is C17H21IN2. The standard InChI is InChI=1S/C17H21IN2/c1-13(15-7-9-16(18)10-8-15)19-17-6-4-5-14(11-17)12-20(2)3/h4-11,13,19H,12H2,1-3H3. The van der Waals surface area contributed by atoms with Gasteiger partial charge in [-0.05, 0) is 79.0 Å². The van der Waals surface area contributed by atoms with Crippen LogP contribution in [0.5, 0.6) is 0 Å². The summed E-state index contributed by atoms with van der Waals surface area (Å²) in [6.45, 7) is 3.16. The SMILES string of the molecule is CC(Nc1cccc(CN(C)C)c1)c1ccc(I)cc1. The second kappa shape index (κ2) is 7.09. The van der Waals surface area contributed by atoms with E-state index in [1.165, 1.54) is 20.4 Å². The van der Waals surface area contributed by atoms with Crippen LogP contribution in [0.3, 0.4) is 0 Å². The third-order valence-electron chi connectivity index (χ3n) is 3.18. The number of nitrogens with zero attached hydrogens (tertiary/aromatic N) is 1. The fourth-order valence-electron chi connectivity index (χ4n) is 2.21. The minimum absolute atomic E-state index is 0.307. The van der Waals surface area contributed by atoms with Crippen molar-refractivity contribution >= 4 is 28.3 Å². The van der Waals surface area contributed by atoms with Crippen molar-refractivity contribution < 1.29 is 0 Å². The summed E-state index contributed by atoms with van der Waals surface area (Å²) in [5, 5.41) is 3.57. The van der Waals surface area contributed by atoms with Crippen molar-refractivity contribution in [1.82, 2.24) is 4.90 Å². The summed E-state index contributed by atoms with van der Waals surface area (Å²) in [5.74, 6) is 0. The van der Waals surface area contributed by atoms with Crippen molar-refractivity contribution in [2.75, 3.05) is 19.4 Å². The molecule has 0 bridgehead atoms. The highest BCUT2D eigenvalue weighted by Crippen LogP contribution is 2.21. The van der Waals surface area contributed by atoms with Crippen molar-refractivity contribution in [3.63, 3.8) is 0 Å². The first-order chi connectivity index (χ1) is 9.54. The molecule has 20 heavy (non-hydrogen) atoms. The van der Waals surface area contributed by atoms with Crippen molar-refractivity contribution in [3.8, 4) is 0 Å². The van der Waals surface area contributed by atoms with Crippen LogP contribution in [0.2, 0.25) is 0 Å². The van der Waals surface area contributed by atoms with Crippen molar-refractivity contribution in [2.45, 2.75) is 19.5 Å². The second-order valence-electron chi connectivity index (χ2n) is 5.36. The minimum Gasteiger partial charge on any atom is -0.379 e. The highest BCUT2D eigenvalue weighted by molar-refractivity contribution is 14.1. The number of hydrogen-bond donors (Lipinski definition) is 1. The van der Waals surface area contributed by atoms with Crippen molar-refractivity contribution in [2.24, 2.45) is 0 Å². The second-order valence-corrected chi connectivity index (χ2v) is 6.60. The van der Waals surface area contributed by atoms with Gasteiger partial charge in [0.1, 0.15) is 0 Å². The summed E-state index contributed by atoms with van der Waals surface area (Å²) in [6, 6.07) is 17.6. The molecule has 1 N–H and O–H groups in total. The highest BCUT2D eigenvalue weighted by atomic mass is 127. The van der Waals surface area contributed by atoms with Crippen LogP contribution >= 0.6 is 22.6 Å². The molecule has 0 fully saturated rings. The molecule has 0 heterocycles. The van der Waals surface area contributed by atoms with Gasteiger partial charge >= 0.3 is 0 Å². The van der Waals surface area contributed by atoms with Gasteiger partial charge in [-0.1, -0.05) is 24.3 Å². The Bertz CT molecular complexity index is 549. The summed E-state index contributed by atoms with van der Waals surface area (Å²) in [7, 11) is 4.18. The van der Waals surface area contributed by atoms with E-state index in [2.05, 4.69) is 102 Å². The zero-order chi connectivity index (χ0) is 14.5. The van der Waals surface area contributed by atoms with E-state index < -0.39 is 0 Å². The third-order valence-corrected chi connectivity index (χ3v) is 3.90. The molecule has 0 aliphatic rings. The monoisotopic (exact) mass is 380 g/mol. The quantitative estimate of drug-likeness (QED) is 0.767. The first-order valence-corrected chi connectivity index (χ1v) is 7.88. The zero-order valence-corrected chi connectivity index (χ0v) is 14.4. The highest BCUT2D eigenvalue weighted by Gasteiger charge is 2.05. The van der Waals surface area contributed by atoms with Gasteiger partial charge in [-0.25, -0.2) is 0 Å². The number of benzene rings is 2. The molecule has 0 radical (unpaired) electrons. The lowest BCUT2D eigenvalue weighted by Gasteiger charge is -2.17. The van der Waals surface area contributed by atoms with Crippen LogP contribution in [0, 0.1) is 3.57 Å². The zero-order valence-electron chi connectivity index (χ0n) is 12.2. The Balaban J connectivity index is 2.07. The van der Waals surface area contributed by atoms with Gasteiger partial charge in [0, 0.05) is 21.8 Å². The molecule has 1 atom stereocenters. The Morgan fingerprint density at radius 2 is 1.80 bits per heavy atom. The predicted octanol–water partition coefficient (Wildman–Crippen LogP) is 4.53. The molecule has 2 aromatic carbocycles. The topological polar surface area (TPSA) is 15.3 Å². The Morgan fingerprint density at radius 1 is 1.10 bits per heavy atom. The van der Waals surface area contributed by atoms with E-state index in [1.54, 1.807) is 0 Å². The molecule has 0 saturated carbocycles. The molecular weight excluding hydrogens is 359 g/mol. The lowest BCUT2D eigenvalue weighted by molar-refractivity contribution is 0.402. The maximum absolute atomic E-state index is 3.57. The number of rotatable bonds is 5. The van der Waals surface area contributed by atoms with Crippen molar-refractivity contribution in [1.29, 1.82) is 0 Å². The fourth-order valence-corrected chi connectivity index (χ4v) is 2.57. The molecule has 106 valence electrons. The number of anilines is 1. The summed E-state index contributed by atoms with van der Waals surface area (Å²) in [4.78, 5) is 2.18. The predicted molar refractivity (Wildman–Crippen MR) is 95.0 cm³/mol. The fraction of sp³-hybridized carbons (Fsp3) is 0.294. The molecule has 3 heteroatoms. The van der Waals surface area contributed by atoms with E-state index >= 15 is 0 Å². The van der Waals surface area contributed by atoms with Gasteiger partial charge in [0.05, 0.1) is 0 Å². The van der Waals surface area contributed by atoms with Crippen LogP contribution in [0.25, 0.3) is 0 Å². The first kappa shape index (κ1) is 15.3. The summed E-state index contributed by atoms with van der Waals surface area (Å²) >= 11 is 2.33. The summed E-state index contributed by atoms with van der Waals surface area (Å²) in [6.07, 6.45) is 0.